The predicted octanol–water partition coefficient (Wildman–Crippen LogP) is 4.63. The number of hydrogen-bond donors (Lipinski definition) is 0. The summed E-state index contributed by atoms with van der Waals surface area (Å²) in [5.74, 6) is 0.397. The number of halogens is 3. The first-order chi connectivity index (χ1) is 14.6. The van der Waals surface area contributed by atoms with E-state index in [4.69, 9.17) is 4.52 Å². The molecule has 0 radical (unpaired) electrons. The molecule has 0 aliphatic carbocycles. The Labute approximate surface area is 177 Å². The van der Waals surface area contributed by atoms with E-state index in [9.17, 15) is 21.6 Å². The molecule has 4 rings (SSSR count). The molecule has 1 atom stereocenters. The molecule has 2 heterocycles. The summed E-state index contributed by atoms with van der Waals surface area (Å²) in [6.45, 7) is 2.25. The van der Waals surface area contributed by atoms with Gasteiger partial charge in [-0.25, -0.2) is 8.42 Å². The summed E-state index contributed by atoms with van der Waals surface area (Å²) >= 11 is 0. The van der Waals surface area contributed by atoms with Crippen LogP contribution in [0.1, 0.15) is 35.8 Å². The van der Waals surface area contributed by atoms with Crippen LogP contribution < -0.4 is 0 Å². The van der Waals surface area contributed by atoms with E-state index in [1.54, 1.807) is 0 Å². The van der Waals surface area contributed by atoms with Crippen molar-refractivity contribution in [2.24, 2.45) is 0 Å². The Morgan fingerprint density at radius 3 is 2.58 bits per heavy atom. The lowest BCUT2D eigenvalue weighted by Crippen LogP contribution is -2.39. The van der Waals surface area contributed by atoms with Crippen LogP contribution >= 0.6 is 0 Å². The van der Waals surface area contributed by atoms with Gasteiger partial charge in [0.2, 0.25) is 21.7 Å². The molecule has 2 aromatic carbocycles. The number of benzene rings is 2. The standard InChI is InChI=1S/C21H20F3N3O3S/c1-14-7-9-15(10-8-14)19-25-20(30-26-19)16-4-3-11-27(13-16)31(28,29)18-6-2-5-17(12-18)21(22,23)24/h2,5-10,12,16H,3-4,11,13H2,1H3/t16-/m1/s1. The van der Waals surface area contributed by atoms with Crippen LogP contribution in [0, 0.1) is 6.92 Å². The first kappa shape index (κ1) is 21.5. The van der Waals surface area contributed by atoms with E-state index in [1.165, 1.54) is 10.4 Å². The van der Waals surface area contributed by atoms with Crippen molar-refractivity contribution in [2.75, 3.05) is 13.1 Å². The maximum atomic E-state index is 13.0. The second kappa shape index (κ2) is 8.08. The van der Waals surface area contributed by atoms with Crippen molar-refractivity contribution in [3.63, 3.8) is 0 Å². The van der Waals surface area contributed by atoms with Crippen molar-refractivity contribution in [1.29, 1.82) is 0 Å². The van der Waals surface area contributed by atoms with Gasteiger partial charge < -0.3 is 4.52 Å². The van der Waals surface area contributed by atoms with Gasteiger partial charge in [-0.05, 0) is 38.0 Å². The Hall–Kier alpha value is -2.72. The number of sulfonamides is 1. The fourth-order valence-corrected chi connectivity index (χ4v) is 5.14. The van der Waals surface area contributed by atoms with E-state index < -0.39 is 21.8 Å². The van der Waals surface area contributed by atoms with Gasteiger partial charge in [0.15, 0.2) is 0 Å². The van der Waals surface area contributed by atoms with Gasteiger partial charge in [0.05, 0.1) is 16.4 Å². The molecular weight excluding hydrogens is 431 g/mol. The summed E-state index contributed by atoms with van der Waals surface area (Å²) in [4.78, 5) is 4.04. The average Bonchev–Trinajstić information content (AvgIpc) is 3.24. The second-order valence-electron chi connectivity index (χ2n) is 7.55. The molecule has 31 heavy (non-hydrogen) atoms. The summed E-state index contributed by atoms with van der Waals surface area (Å²) in [5.41, 5.74) is 0.877. The van der Waals surface area contributed by atoms with Gasteiger partial charge in [0.25, 0.3) is 0 Å². The first-order valence-electron chi connectivity index (χ1n) is 9.72. The highest BCUT2D eigenvalue weighted by molar-refractivity contribution is 7.89. The molecule has 1 saturated heterocycles. The Morgan fingerprint density at radius 1 is 1.13 bits per heavy atom. The van der Waals surface area contributed by atoms with Crippen molar-refractivity contribution < 1.29 is 26.1 Å². The zero-order chi connectivity index (χ0) is 22.2. The van der Waals surface area contributed by atoms with E-state index in [0.717, 1.165) is 23.3 Å². The van der Waals surface area contributed by atoms with Crippen molar-refractivity contribution in [2.45, 2.75) is 36.8 Å². The highest BCUT2D eigenvalue weighted by atomic mass is 32.2. The van der Waals surface area contributed by atoms with Gasteiger partial charge >= 0.3 is 6.18 Å². The molecule has 0 spiro atoms. The minimum absolute atomic E-state index is 0.0636. The van der Waals surface area contributed by atoms with Crippen LogP contribution in [0.25, 0.3) is 11.4 Å². The molecule has 164 valence electrons. The van der Waals surface area contributed by atoms with Gasteiger partial charge in [-0.1, -0.05) is 41.1 Å². The highest BCUT2D eigenvalue weighted by Crippen LogP contribution is 2.33. The van der Waals surface area contributed by atoms with Crippen LogP contribution in [-0.2, 0) is 16.2 Å². The summed E-state index contributed by atoms with van der Waals surface area (Å²) in [7, 11) is -4.09. The third-order valence-corrected chi connectivity index (χ3v) is 7.15. The van der Waals surface area contributed by atoms with E-state index in [0.29, 0.717) is 30.6 Å². The maximum absolute atomic E-state index is 13.0. The summed E-state index contributed by atoms with van der Waals surface area (Å²) in [6, 6.07) is 11.4. The number of hydrogen-bond acceptors (Lipinski definition) is 5. The molecule has 10 heteroatoms. The maximum Gasteiger partial charge on any atom is 0.416 e. The van der Waals surface area contributed by atoms with Gasteiger partial charge in [-0.2, -0.15) is 22.5 Å². The summed E-state index contributed by atoms with van der Waals surface area (Å²) < 4.78 is 71.6. The van der Waals surface area contributed by atoms with Crippen LogP contribution in [0.2, 0.25) is 0 Å². The number of piperidine rings is 1. The quantitative estimate of drug-likeness (QED) is 0.578. The third kappa shape index (κ3) is 4.49. The SMILES string of the molecule is Cc1ccc(-c2noc([C@@H]3CCCN(S(=O)(=O)c4cccc(C(F)(F)F)c4)C3)n2)cc1. The molecule has 6 nitrogen and oxygen atoms in total. The second-order valence-corrected chi connectivity index (χ2v) is 9.49. The van der Waals surface area contributed by atoms with Crippen molar-refractivity contribution in [3.8, 4) is 11.4 Å². The van der Waals surface area contributed by atoms with Crippen molar-refractivity contribution in [1.82, 2.24) is 14.4 Å². The predicted molar refractivity (Wildman–Crippen MR) is 107 cm³/mol. The fourth-order valence-electron chi connectivity index (χ4n) is 3.57. The average molecular weight is 451 g/mol. The number of aromatic nitrogens is 2. The van der Waals surface area contributed by atoms with Crippen molar-refractivity contribution >= 4 is 10.0 Å². The molecule has 0 unspecified atom stereocenters. The van der Waals surface area contributed by atoms with E-state index in [-0.39, 0.29) is 23.9 Å². The van der Waals surface area contributed by atoms with Gasteiger partial charge in [-0.3, -0.25) is 0 Å². The van der Waals surface area contributed by atoms with Crippen LogP contribution in [0.4, 0.5) is 13.2 Å². The molecule has 1 aliphatic heterocycles. The number of aryl methyl sites for hydroxylation is 1. The Bertz CT molecular complexity index is 1170. The first-order valence-corrected chi connectivity index (χ1v) is 11.2. The number of rotatable bonds is 4. The lowest BCUT2D eigenvalue weighted by atomic mass is 10.00. The van der Waals surface area contributed by atoms with Gasteiger partial charge in [0, 0.05) is 18.7 Å². The van der Waals surface area contributed by atoms with Gasteiger partial charge in [0.1, 0.15) is 0 Å². The molecule has 0 saturated carbocycles. The minimum atomic E-state index is -4.62. The largest absolute Gasteiger partial charge is 0.416 e. The minimum Gasteiger partial charge on any atom is -0.339 e. The van der Waals surface area contributed by atoms with Crippen molar-refractivity contribution in [3.05, 3.63) is 65.5 Å². The Balaban J connectivity index is 1.55. The van der Waals surface area contributed by atoms with Crippen LogP contribution in [0.5, 0.6) is 0 Å². The van der Waals surface area contributed by atoms with Crippen LogP contribution in [0.15, 0.2) is 57.9 Å². The number of nitrogens with zero attached hydrogens (tertiary/aromatic N) is 3. The van der Waals surface area contributed by atoms with E-state index >= 15 is 0 Å². The van der Waals surface area contributed by atoms with Crippen LogP contribution in [-0.4, -0.2) is 36.0 Å². The molecule has 1 aromatic heterocycles. The molecule has 1 fully saturated rings. The molecule has 1 aliphatic rings. The lowest BCUT2D eigenvalue weighted by Gasteiger charge is -2.30. The molecule has 0 bridgehead atoms. The zero-order valence-corrected chi connectivity index (χ0v) is 17.4. The summed E-state index contributed by atoms with van der Waals surface area (Å²) in [6.07, 6.45) is -3.44. The normalized spacial score (nSPS) is 18.3. The third-order valence-electron chi connectivity index (χ3n) is 5.28. The lowest BCUT2D eigenvalue weighted by molar-refractivity contribution is -0.137. The molecule has 0 amide bonds. The fraction of sp³-hybridized carbons (Fsp3) is 0.333. The molecule has 0 N–H and O–H groups in total. The summed E-state index contributed by atoms with van der Waals surface area (Å²) in [5, 5.41) is 4.00. The topological polar surface area (TPSA) is 76.3 Å². The Morgan fingerprint density at radius 2 is 1.87 bits per heavy atom. The van der Waals surface area contributed by atoms with E-state index in [1.807, 2.05) is 31.2 Å². The zero-order valence-electron chi connectivity index (χ0n) is 16.6. The highest BCUT2D eigenvalue weighted by Gasteiger charge is 2.36. The number of alkyl halides is 3. The smallest absolute Gasteiger partial charge is 0.339 e. The molecule has 3 aromatic rings. The molecular formula is C21H20F3N3O3S. The van der Waals surface area contributed by atoms with E-state index in [2.05, 4.69) is 10.1 Å². The Kier molecular flexibility index (Phi) is 5.61. The monoisotopic (exact) mass is 451 g/mol. The van der Waals surface area contributed by atoms with Crippen LogP contribution in [0.3, 0.4) is 0 Å². The van der Waals surface area contributed by atoms with Gasteiger partial charge in [-0.15, -0.1) is 0 Å².